The zero-order valence-corrected chi connectivity index (χ0v) is 12.5. The van der Waals surface area contributed by atoms with E-state index in [0.717, 1.165) is 19.7 Å². The van der Waals surface area contributed by atoms with Crippen molar-refractivity contribution in [1.29, 1.82) is 0 Å². The highest BCUT2D eigenvalue weighted by molar-refractivity contribution is 4.71. The minimum absolute atomic E-state index is 0.429. The average Bonchev–Trinajstić information content (AvgIpc) is 2.29. The van der Waals surface area contributed by atoms with Gasteiger partial charge in [-0.1, -0.05) is 59.3 Å². The van der Waals surface area contributed by atoms with Crippen molar-refractivity contribution in [2.45, 2.75) is 65.7 Å². The highest BCUT2D eigenvalue weighted by atomic mass is 16.5. The highest BCUT2D eigenvalue weighted by Gasteiger charge is 2.16. The van der Waals surface area contributed by atoms with Gasteiger partial charge in [-0.05, 0) is 11.8 Å². The van der Waals surface area contributed by atoms with Crippen LogP contribution in [0.5, 0.6) is 0 Å². The summed E-state index contributed by atoms with van der Waals surface area (Å²) in [4.78, 5) is 0. The van der Waals surface area contributed by atoms with Crippen molar-refractivity contribution in [1.82, 2.24) is 5.32 Å². The highest BCUT2D eigenvalue weighted by Crippen LogP contribution is 2.23. The minimum Gasteiger partial charge on any atom is -0.383 e. The number of ether oxygens (including phenoxy) is 1. The van der Waals surface area contributed by atoms with E-state index >= 15 is 0 Å². The first-order valence-electron chi connectivity index (χ1n) is 7.32. The zero-order chi connectivity index (χ0) is 13.0. The molecule has 0 aliphatic carbocycles. The fourth-order valence-corrected chi connectivity index (χ4v) is 2.07. The monoisotopic (exact) mass is 243 g/mol. The molecule has 0 amide bonds. The summed E-state index contributed by atoms with van der Waals surface area (Å²) in [5.41, 5.74) is 0.429. The number of rotatable bonds is 12. The second-order valence-corrected chi connectivity index (χ2v) is 5.85. The van der Waals surface area contributed by atoms with Crippen molar-refractivity contribution in [3.05, 3.63) is 0 Å². The third-order valence-electron chi connectivity index (χ3n) is 3.29. The minimum atomic E-state index is 0.429. The van der Waals surface area contributed by atoms with Crippen LogP contribution in [-0.2, 0) is 4.74 Å². The number of hydrogen-bond donors (Lipinski definition) is 1. The molecule has 1 N–H and O–H groups in total. The van der Waals surface area contributed by atoms with E-state index < -0.39 is 0 Å². The molecule has 17 heavy (non-hydrogen) atoms. The molecule has 2 heteroatoms. The van der Waals surface area contributed by atoms with Crippen LogP contribution in [0.2, 0.25) is 0 Å². The maximum absolute atomic E-state index is 5.03. The summed E-state index contributed by atoms with van der Waals surface area (Å²) in [5, 5.41) is 3.46. The van der Waals surface area contributed by atoms with Gasteiger partial charge in [0.15, 0.2) is 0 Å². The maximum atomic E-state index is 5.03. The molecule has 0 bridgehead atoms. The van der Waals surface area contributed by atoms with Crippen LogP contribution in [0.25, 0.3) is 0 Å². The van der Waals surface area contributed by atoms with E-state index in [0.29, 0.717) is 5.41 Å². The predicted octanol–water partition coefficient (Wildman–Crippen LogP) is 4.00. The van der Waals surface area contributed by atoms with E-state index in [9.17, 15) is 0 Å². The zero-order valence-electron chi connectivity index (χ0n) is 12.5. The maximum Gasteiger partial charge on any atom is 0.0587 e. The van der Waals surface area contributed by atoms with Gasteiger partial charge in [0.05, 0.1) is 6.61 Å². The van der Waals surface area contributed by atoms with Crippen molar-refractivity contribution in [3.63, 3.8) is 0 Å². The van der Waals surface area contributed by atoms with Gasteiger partial charge in [0, 0.05) is 20.2 Å². The fourth-order valence-electron chi connectivity index (χ4n) is 2.07. The van der Waals surface area contributed by atoms with Gasteiger partial charge < -0.3 is 10.1 Å². The Labute approximate surface area is 109 Å². The fraction of sp³-hybridized carbons (Fsp3) is 1.00. The molecule has 0 rings (SSSR count). The standard InChI is InChI=1S/C15H33NO/c1-5-6-7-8-9-10-11-15(2,3)14-16-12-13-17-4/h16H,5-14H2,1-4H3. The van der Waals surface area contributed by atoms with E-state index in [2.05, 4.69) is 26.1 Å². The van der Waals surface area contributed by atoms with Crippen LogP contribution < -0.4 is 5.32 Å². The number of nitrogens with one attached hydrogen (secondary N) is 1. The second-order valence-electron chi connectivity index (χ2n) is 5.85. The molecular formula is C15H33NO. The smallest absolute Gasteiger partial charge is 0.0587 e. The topological polar surface area (TPSA) is 21.3 Å². The van der Waals surface area contributed by atoms with Gasteiger partial charge in [0.2, 0.25) is 0 Å². The van der Waals surface area contributed by atoms with E-state index in [-0.39, 0.29) is 0 Å². The molecule has 0 heterocycles. The van der Waals surface area contributed by atoms with Gasteiger partial charge in [-0.25, -0.2) is 0 Å². The van der Waals surface area contributed by atoms with Gasteiger partial charge in [0.25, 0.3) is 0 Å². The Morgan fingerprint density at radius 3 is 2.29 bits per heavy atom. The Morgan fingerprint density at radius 2 is 1.65 bits per heavy atom. The van der Waals surface area contributed by atoms with E-state index in [1.54, 1.807) is 7.11 Å². The molecule has 0 saturated heterocycles. The van der Waals surface area contributed by atoms with Crippen LogP contribution in [0, 0.1) is 5.41 Å². The summed E-state index contributed by atoms with van der Waals surface area (Å²) in [6.07, 6.45) is 9.70. The first kappa shape index (κ1) is 16.9. The Bertz CT molecular complexity index is 157. The summed E-state index contributed by atoms with van der Waals surface area (Å²) in [6.45, 7) is 9.88. The van der Waals surface area contributed by atoms with Gasteiger partial charge in [-0.15, -0.1) is 0 Å². The first-order valence-corrected chi connectivity index (χ1v) is 7.32. The van der Waals surface area contributed by atoms with Gasteiger partial charge in [0.1, 0.15) is 0 Å². The lowest BCUT2D eigenvalue weighted by molar-refractivity contribution is 0.192. The van der Waals surface area contributed by atoms with Gasteiger partial charge >= 0.3 is 0 Å². The SMILES string of the molecule is CCCCCCCCC(C)(C)CNCCOC. The Morgan fingerprint density at radius 1 is 1.00 bits per heavy atom. The third kappa shape index (κ3) is 12.2. The van der Waals surface area contributed by atoms with Crippen LogP contribution >= 0.6 is 0 Å². The number of unbranched alkanes of at least 4 members (excludes halogenated alkanes) is 5. The first-order chi connectivity index (χ1) is 8.12. The van der Waals surface area contributed by atoms with Crippen molar-refractivity contribution >= 4 is 0 Å². The Kier molecular flexibility index (Phi) is 11.0. The van der Waals surface area contributed by atoms with E-state index in [1.165, 1.54) is 44.9 Å². The molecule has 0 spiro atoms. The lowest BCUT2D eigenvalue weighted by atomic mass is 9.86. The van der Waals surface area contributed by atoms with Crippen LogP contribution in [0.15, 0.2) is 0 Å². The van der Waals surface area contributed by atoms with Crippen LogP contribution in [-0.4, -0.2) is 26.8 Å². The molecule has 0 aromatic carbocycles. The predicted molar refractivity (Wildman–Crippen MR) is 76.5 cm³/mol. The Hall–Kier alpha value is -0.0800. The normalized spacial score (nSPS) is 12.0. The van der Waals surface area contributed by atoms with Crippen LogP contribution in [0.1, 0.15) is 65.7 Å². The summed E-state index contributed by atoms with van der Waals surface area (Å²) in [5.74, 6) is 0. The summed E-state index contributed by atoms with van der Waals surface area (Å²) in [7, 11) is 1.75. The largest absolute Gasteiger partial charge is 0.383 e. The van der Waals surface area contributed by atoms with Gasteiger partial charge in [-0.3, -0.25) is 0 Å². The van der Waals surface area contributed by atoms with Crippen LogP contribution in [0.3, 0.4) is 0 Å². The number of hydrogen-bond acceptors (Lipinski definition) is 2. The lowest BCUT2D eigenvalue weighted by Gasteiger charge is -2.25. The van der Waals surface area contributed by atoms with Crippen LogP contribution in [0.4, 0.5) is 0 Å². The average molecular weight is 243 g/mol. The second kappa shape index (κ2) is 11.0. The quantitative estimate of drug-likeness (QED) is 0.523. The summed E-state index contributed by atoms with van der Waals surface area (Å²) >= 11 is 0. The molecule has 0 aromatic rings. The van der Waals surface area contributed by atoms with Gasteiger partial charge in [-0.2, -0.15) is 0 Å². The lowest BCUT2D eigenvalue weighted by Crippen LogP contribution is -2.31. The third-order valence-corrected chi connectivity index (χ3v) is 3.29. The molecular weight excluding hydrogens is 210 g/mol. The molecule has 0 radical (unpaired) electrons. The summed E-state index contributed by atoms with van der Waals surface area (Å²) in [6, 6.07) is 0. The molecule has 0 unspecified atom stereocenters. The molecule has 0 aromatic heterocycles. The molecule has 0 saturated carbocycles. The Balaban J connectivity index is 3.37. The van der Waals surface area contributed by atoms with Crippen molar-refractivity contribution in [2.75, 3.05) is 26.8 Å². The van der Waals surface area contributed by atoms with E-state index in [1.807, 2.05) is 0 Å². The molecule has 0 fully saturated rings. The summed E-state index contributed by atoms with van der Waals surface area (Å²) < 4.78 is 5.03. The van der Waals surface area contributed by atoms with Crippen molar-refractivity contribution < 1.29 is 4.74 Å². The van der Waals surface area contributed by atoms with Crippen molar-refractivity contribution in [3.8, 4) is 0 Å². The van der Waals surface area contributed by atoms with E-state index in [4.69, 9.17) is 4.74 Å². The molecule has 104 valence electrons. The number of methoxy groups -OCH3 is 1. The molecule has 0 aliphatic heterocycles. The molecule has 2 nitrogen and oxygen atoms in total. The molecule has 0 aliphatic rings. The van der Waals surface area contributed by atoms with Crippen molar-refractivity contribution in [2.24, 2.45) is 5.41 Å². The molecule has 0 atom stereocenters.